The van der Waals surface area contributed by atoms with Gasteiger partial charge in [-0.15, -0.1) is 29.6 Å². The van der Waals surface area contributed by atoms with Gasteiger partial charge in [-0.2, -0.15) is 4.99 Å². The fourth-order valence-corrected chi connectivity index (χ4v) is 5.58. The SMILES string of the molecule is Cc1ccc(C(C)C)c(-n2c(C)csc2=NC(=O)NC(F)C(F)c2ccc(-c3ncn(-c4ccc(OC(F)(F)F)cc4)n3)cc2)c1. The van der Waals surface area contributed by atoms with E-state index in [-0.39, 0.29) is 23.1 Å². The maximum absolute atomic E-state index is 15.1. The number of hydrogen-bond donors (Lipinski definition) is 1. The number of rotatable bonds is 8. The number of benzene rings is 3. The van der Waals surface area contributed by atoms with Crippen LogP contribution in [0.1, 0.15) is 48.3 Å². The maximum atomic E-state index is 15.1. The number of hydrogen-bond acceptors (Lipinski definition) is 5. The molecule has 5 rings (SSSR count). The smallest absolute Gasteiger partial charge is 0.406 e. The zero-order valence-electron chi connectivity index (χ0n) is 25.1. The molecule has 0 fully saturated rings. The summed E-state index contributed by atoms with van der Waals surface area (Å²) in [5, 5.41) is 8.13. The van der Waals surface area contributed by atoms with Crippen molar-refractivity contribution in [3.63, 3.8) is 0 Å². The standard InChI is InChI=1S/C32H29F5N6O2S/c1-18(2)25-14-5-19(3)15-26(25)43-20(4)16-46-31(43)40-30(44)39-28(34)27(33)21-6-8-22(9-7-21)29-38-17-42(41-29)23-10-12-24(13-11-23)45-32(35,36)37/h5-18,27-28H,1-4H3,(H,39,44). The lowest BCUT2D eigenvalue weighted by atomic mass is 9.99. The Bertz CT molecular complexity index is 1900. The van der Waals surface area contributed by atoms with Crippen LogP contribution in [0, 0.1) is 13.8 Å². The molecular formula is C32H29F5N6O2S. The minimum atomic E-state index is -4.80. The summed E-state index contributed by atoms with van der Waals surface area (Å²) in [6.07, 6.45) is -8.00. The molecule has 3 aromatic carbocycles. The van der Waals surface area contributed by atoms with E-state index in [1.54, 1.807) is 0 Å². The van der Waals surface area contributed by atoms with E-state index in [1.165, 1.54) is 58.7 Å². The molecule has 0 radical (unpaired) electrons. The van der Waals surface area contributed by atoms with E-state index in [9.17, 15) is 22.4 Å². The molecule has 0 saturated heterocycles. The molecule has 14 heteroatoms. The molecule has 1 N–H and O–H groups in total. The summed E-state index contributed by atoms with van der Waals surface area (Å²) in [6.45, 7) is 7.97. The number of carbonyl (C=O) groups is 1. The number of amides is 2. The first-order valence-electron chi connectivity index (χ1n) is 14.1. The molecule has 46 heavy (non-hydrogen) atoms. The predicted octanol–water partition coefficient (Wildman–Crippen LogP) is 8.04. The first-order chi connectivity index (χ1) is 21.8. The molecular weight excluding hydrogens is 627 g/mol. The summed E-state index contributed by atoms with van der Waals surface area (Å²) in [5.41, 5.74) is 4.68. The third-order valence-electron chi connectivity index (χ3n) is 6.96. The van der Waals surface area contributed by atoms with Crippen LogP contribution < -0.4 is 14.9 Å². The number of carbonyl (C=O) groups excluding carboxylic acids is 1. The molecule has 2 aromatic heterocycles. The van der Waals surface area contributed by atoms with Gasteiger partial charge in [0.15, 0.2) is 16.8 Å². The van der Waals surface area contributed by atoms with Crippen molar-refractivity contribution < 1.29 is 31.5 Å². The quantitative estimate of drug-likeness (QED) is 0.135. The summed E-state index contributed by atoms with van der Waals surface area (Å²) >= 11 is 1.22. The van der Waals surface area contributed by atoms with E-state index in [0.29, 0.717) is 16.1 Å². The van der Waals surface area contributed by atoms with E-state index < -0.39 is 24.9 Å². The van der Waals surface area contributed by atoms with Crippen LogP contribution in [0.25, 0.3) is 22.8 Å². The first kappa shape index (κ1) is 32.5. The van der Waals surface area contributed by atoms with Crippen LogP contribution in [0.15, 0.2) is 83.4 Å². The largest absolute Gasteiger partial charge is 0.573 e. The summed E-state index contributed by atoms with van der Waals surface area (Å²) in [5.74, 6) is 0.0685. The highest BCUT2D eigenvalue weighted by Gasteiger charge is 2.31. The van der Waals surface area contributed by atoms with Crippen LogP contribution in [-0.4, -0.2) is 38.0 Å². The number of aromatic nitrogens is 4. The average Bonchev–Trinajstić information content (AvgIpc) is 3.63. The van der Waals surface area contributed by atoms with Crippen LogP contribution in [0.2, 0.25) is 0 Å². The van der Waals surface area contributed by atoms with Gasteiger partial charge in [-0.25, -0.2) is 23.2 Å². The highest BCUT2D eigenvalue weighted by molar-refractivity contribution is 7.07. The maximum Gasteiger partial charge on any atom is 0.573 e. The van der Waals surface area contributed by atoms with Crippen molar-refractivity contribution in [2.45, 2.75) is 52.4 Å². The summed E-state index contributed by atoms with van der Waals surface area (Å²) in [7, 11) is 0. The third-order valence-corrected chi connectivity index (χ3v) is 7.90. The van der Waals surface area contributed by atoms with Gasteiger partial charge >= 0.3 is 12.4 Å². The molecule has 0 aliphatic rings. The average molecular weight is 657 g/mol. The predicted molar refractivity (Wildman–Crippen MR) is 164 cm³/mol. The van der Waals surface area contributed by atoms with Crippen LogP contribution in [-0.2, 0) is 0 Å². The minimum absolute atomic E-state index is 0.0281. The van der Waals surface area contributed by atoms with Gasteiger partial charge in [0.25, 0.3) is 0 Å². The van der Waals surface area contributed by atoms with E-state index in [2.05, 4.69) is 33.7 Å². The number of alkyl halides is 5. The topological polar surface area (TPSA) is 86.3 Å². The molecule has 0 spiro atoms. The number of nitrogens with zero attached hydrogens (tertiary/aromatic N) is 5. The Balaban J connectivity index is 1.27. The van der Waals surface area contributed by atoms with Crippen molar-refractivity contribution in [1.82, 2.24) is 24.6 Å². The Morgan fingerprint density at radius 1 is 1.00 bits per heavy atom. The van der Waals surface area contributed by atoms with Crippen molar-refractivity contribution in [2.24, 2.45) is 4.99 Å². The van der Waals surface area contributed by atoms with Gasteiger partial charge in [0, 0.05) is 16.6 Å². The fraction of sp³-hybridized carbons (Fsp3) is 0.250. The van der Waals surface area contributed by atoms with Gasteiger partial charge in [-0.05, 0) is 66.8 Å². The van der Waals surface area contributed by atoms with Crippen LogP contribution in [0.3, 0.4) is 0 Å². The van der Waals surface area contributed by atoms with Gasteiger partial charge in [-0.3, -0.25) is 4.57 Å². The molecule has 0 saturated carbocycles. The van der Waals surface area contributed by atoms with Gasteiger partial charge < -0.3 is 10.1 Å². The number of halogens is 5. The Morgan fingerprint density at radius 3 is 2.35 bits per heavy atom. The zero-order valence-corrected chi connectivity index (χ0v) is 25.9. The molecule has 0 aliphatic carbocycles. The number of ether oxygens (including phenoxy) is 1. The second-order valence-corrected chi connectivity index (χ2v) is 11.6. The minimum Gasteiger partial charge on any atom is -0.406 e. The zero-order chi connectivity index (χ0) is 33.2. The Labute approximate surface area is 264 Å². The molecule has 2 heterocycles. The van der Waals surface area contributed by atoms with Crippen LogP contribution in [0.5, 0.6) is 5.75 Å². The van der Waals surface area contributed by atoms with E-state index in [0.717, 1.165) is 34.6 Å². The van der Waals surface area contributed by atoms with Gasteiger partial charge in [0.05, 0.1) is 11.4 Å². The van der Waals surface area contributed by atoms with E-state index >= 15 is 4.39 Å². The fourth-order valence-electron chi connectivity index (χ4n) is 4.71. The van der Waals surface area contributed by atoms with Gasteiger partial charge in [-0.1, -0.05) is 50.2 Å². The molecule has 2 unspecified atom stereocenters. The molecule has 0 bridgehead atoms. The van der Waals surface area contributed by atoms with Crippen molar-refractivity contribution in [3.05, 3.63) is 106 Å². The highest BCUT2D eigenvalue weighted by atomic mass is 32.1. The molecule has 5 aromatic rings. The van der Waals surface area contributed by atoms with Crippen molar-refractivity contribution in [2.75, 3.05) is 0 Å². The Kier molecular flexibility index (Phi) is 9.37. The number of urea groups is 1. The lowest BCUT2D eigenvalue weighted by Gasteiger charge is -2.16. The number of nitrogens with one attached hydrogen (secondary N) is 1. The number of aryl methyl sites for hydroxylation is 2. The summed E-state index contributed by atoms with van der Waals surface area (Å²) in [4.78, 5) is 21.3. The van der Waals surface area contributed by atoms with Crippen LogP contribution in [0.4, 0.5) is 26.7 Å². The lowest BCUT2D eigenvalue weighted by molar-refractivity contribution is -0.274. The number of thiazole rings is 1. The van der Waals surface area contributed by atoms with Crippen LogP contribution >= 0.6 is 11.3 Å². The first-order valence-corrected chi connectivity index (χ1v) is 15.0. The lowest BCUT2D eigenvalue weighted by Crippen LogP contribution is -2.34. The Morgan fingerprint density at radius 2 is 1.70 bits per heavy atom. The summed E-state index contributed by atoms with van der Waals surface area (Å²) < 4.78 is 74.3. The molecule has 8 nitrogen and oxygen atoms in total. The molecule has 240 valence electrons. The van der Waals surface area contributed by atoms with E-state index in [1.807, 2.05) is 47.3 Å². The molecule has 2 atom stereocenters. The summed E-state index contributed by atoms with van der Waals surface area (Å²) in [6, 6.07) is 15.7. The van der Waals surface area contributed by atoms with Crippen molar-refractivity contribution in [1.29, 1.82) is 0 Å². The monoisotopic (exact) mass is 656 g/mol. The van der Waals surface area contributed by atoms with Gasteiger partial charge in [0.2, 0.25) is 6.30 Å². The third kappa shape index (κ3) is 7.50. The second kappa shape index (κ2) is 13.3. The molecule has 2 amide bonds. The normalized spacial score (nSPS) is 13.6. The Hall–Kier alpha value is -4.85. The second-order valence-electron chi connectivity index (χ2n) is 10.8. The van der Waals surface area contributed by atoms with Crippen molar-refractivity contribution >= 4 is 17.4 Å². The molecule has 0 aliphatic heterocycles. The van der Waals surface area contributed by atoms with Crippen molar-refractivity contribution in [3.8, 4) is 28.5 Å². The van der Waals surface area contributed by atoms with E-state index in [4.69, 9.17) is 0 Å². The van der Waals surface area contributed by atoms with Gasteiger partial charge in [0.1, 0.15) is 12.1 Å². The highest BCUT2D eigenvalue weighted by Crippen LogP contribution is 2.28.